The average Bonchev–Trinajstić information content (AvgIpc) is 2.54. The minimum Gasteiger partial charge on any atom is -0.481 e. The maximum Gasteiger partial charge on any atom is 0.303 e. The van der Waals surface area contributed by atoms with Gasteiger partial charge in [-0.3, -0.25) is 9.59 Å². The zero-order valence-corrected chi connectivity index (χ0v) is 13.1. The van der Waals surface area contributed by atoms with Crippen molar-refractivity contribution < 1.29 is 19.8 Å². The smallest absolute Gasteiger partial charge is 0.303 e. The van der Waals surface area contributed by atoms with Gasteiger partial charge in [0, 0.05) is 12.8 Å². The van der Waals surface area contributed by atoms with Gasteiger partial charge in [0.05, 0.1) is 12.1 Å². The van der Waals surface area contributed by atoms with Crippen LogP contribution in [0.5, 0.6) is 0 Å². The first-order valence-electron chi connectivity index (χ1n) is 6.66. The Morgan fingerprint density at radius 1 is 0.833 bits per heavy atom. The highest BCUT2D eigenvalue weighted by molar-refractivity contribution is 5.67. The van der Waals surface area contributed by atoms with Crippen LogP contribution in [0.15, 0.2) is 31.1 Å². The molecule has 24 heavy (non-hydrogen) atoms. The van der Waals surface area contributed by atoms with Gasteiger partial charge in [-0.2, -0.15) is 10.5 Å². The lowest BCUT2D eigenvalue weighted by atomic mass is 9.99. The topological polar surface area (TPSA) is 196 Å². The number of hydrogen-bond donors (Lipinski definition) is 2. The highest BCUT2D eigenvalue weighted by atomic mass is 16.4. The molecule has 0 aliphatic carbocycles. The third kappa shape index (κ3) is 8.89. The second-order valence-corrected chi connectivity index (χ2v) is 5.12. The number of nitrogens with zero attached hydrogens (tertiary/aromatic N) is 8. The Hall–Kier alpha value is -3.28. The number of hydrogen-bond acceptors (Lipinski definition) is 6. The van der Waals surface area contributed by atoms with Gasteiger partial charge in [0.15, 0.2) is 11.1 Å². The van der Waals surface area contributed by atoms with E-state index in [1.807, 2.05) is 12.1 Å². The maximum atomic E-state index is 10.5. The summed E-state index contributed by atoms with van der Waals surface area (Å²) in [6, 6.07) is 3.61. The van der Waals surface area contributed by atoms with Crippen LogP contribution in [0.4, 0.5) is 0 Å². The summed E-state index contributed by atoms with van der Waals surface area (Å²) in [5.41, 5.74) is -2.73. The summed E-state index contributed by atoms with van der Waals surface area (Å²) in [6.45, 7) is 2.77. The SMILES string of the molecule is CC(C#N)(CCC(=O)O)N=NN=NN=NC(C)(C#N)CCC(=O)O. The van der Waals surface area contributed by atoms with Crippen LogP contribution in [0.2, 0.25) is 0 Å². The molecule has 12 nitrogen and oxygen atoms in total. The normalized spacial score (nSPS) is 16.5. The standard InChI is InChI=1S/C12H16N8O4/c1-11(7-13,5-3-9(21)22)15-17-19-20-18-16-12(2,8-14)6-4-10(23)24/h3-6H2,1-2H3,(H,21,22)(H,23,24). The van der Waals surface area contributed by atoms with E-state index in [9.17, 15) is 9.59 Å². The Kier molecular flexibility index (Phi) is 8.36. The van der Waals surface area contributed by atoms with Gasteiger partial charge in [-0.05, 0) is 47.6 Å². The van der Waals surface area contributed by atoms with Crippen molar-refractivity contribution in [1.29, 1.82) is 10.5 Å². The van der Waals surface area contributed by atoms with E-state index in [1.165, 1.54) is 13.8 Å². The van der Waals surface area contributed by atoms with Crippen LogP contribution < -0.4 is 0 Å². The zero-order chi connectivity index (χ0) is 18.6. The molecule has 0 heterocycles. The minimum atomic E-state index is -1.36. The molecule has 2 atom stereocenters. The van der Waals surface area contributed by atoms with E-state index in [-0.39, 0.29) is 25.7 Å². The van der Waals surface area contributed by atoms with Crippen molar-refractivity contribution in [2.75, 3.05) is 0 Å². The molecular formula is C12H16N8O4. The molecule has 0 amide bonds. The lowest BCUT2D eigenvalue weighted by Crippen LogP contribution is -2.20. The molecule has 0 aromatic rings. The maximum absolute atomic E-state index is 10.5. The molecule has 2 N–H and O–H groups in total. The second kappa shape index (κ2) is 9.68. The van der Waals surface area contributed by atoms with Gasteiger partial charge in [-0.15, -0.1) is 10.2 Å². The fourth-order valence-corrected chi connectivity index (χ4v) is 1.23. The molecule has 128 valence electrons. The summed E-state index contributed by atoms with van der Waals surface area (Å²) in [4.78, 5) is 21.0. The Morgan fingerprint density at radius 3 is 1.42 bits per heavy atom. The summed E-state index contributed by atoms with van der Waals surface area (Å²) in [5.74, 6) is -2.14. The molecule has 2 unspecified atom stereocenters. The van der Waals surface area contributed by atoms with E-state index < -0.39 is 23.0 Å². The van der Waals surface area contributed by atoms with Crippen LogP contribution in [0.3, 0.4) is 0 Å². The number of nitriles is 2. The van der Waals surface area contributed by atoms with E-state index >= 15 is 0 Å². The monoisotopic (exact) mass is 336 g/mol. The molecule has 0 saturated carbocycles. The molecule has 0 fully saturated rings. The summed E-state index contributed by atoms with van der Waals surface area (Å²) in [7, 11) is 0. The van der Waals surface area contributed by atoms with Crippen LogP contribution in [0.1, 0.15) is 39.5 Å². The van der Waals surface area contributed by atoms with Crippen molar-refractivity contribution >= 4 is 11.9 Å². The molecule has 0 aliphatic rings. The van der Waals surface area contributed by atoms with Crippen LogP contribution in [-0.2, 0) is 9.59 Å². The van der Waals surface area contributed by atoms with Gasteiger partial charge in [-0.1, -0.05) is 0 Å². The molecular weight excluding hydrogens is 320 g/mol. The van der Waals surface area contributed by atoms with Gasteiger partial charge in [-0.25, -0.2) is 0 Å². The van der Waals surface area contributed by atoms with Crippen molar-refractivity contribution in [3.63, 3.8) is 0 Å². The first kappa shape index (κ1) is 20.7. The first-order chi connectivity index (χ1) is 11.2. The predicted octanol–water partition coefficient (Wildman–Crippen LogP) is 2.47. The molecule has 0 rings (SSSR count). The Bertz CT molecular complexity index is 578. The molecule has 0 spiro atoms. The van der Waals surface area contributed by atoms with E-state index in [0.717, 1.165) is 0 Å². The molecule has 0 saturated heterocycles. The zero-order valence-electron chi connectivity index (χ0n) is 13.1. The summed E-state index contributed by atoms with van der Waals surface area (Å²) in [6.07, 6.45) is -0.629. The average molecular weight is 336 g/mol. The van der Waals surface area contributed by atoms with Crippen molar-refractivity contribution in [1.82, 2.24) is 0 Å². The first-order valence-corrected chi connectivity index (χ1v) is 6.66. The highest BCUT2D eigenvalue weighted by Crippen LogP contribution is 2.18. The summed E-state index contributed by atoms with van der Waals surface area (Å²) in [5, 5.41) is 55.0. The van der Waals surface area contributed by atoms with Crippen LogP contribution >= 0.6 is 0 Å². The second-order valence-electron chi connectivity index (χ2n) is 5.12. The van der Waals surface area contributed by atoms with Crippen molar-refractivity contribution in [2.24, 2.45) is 31.1 Å². The van der Waals surface area contributed by atoms with Gasteiger partial charge < -0.3 is 10.2 Å². The Balaban J connectivity index is 4.68. The third-order valence-electron chi connectivity index (χ3n) is 2.78. The molecule has 0 radical (unpaired) electrons. The van der Waals surface area contributed by atoms with Gasteiger partial charge >= 0.3 is 11.9 Å². The van der Waals surface area contributed by atoms with Crippen molar-refractivity contribution in [2.45, 2.75) is 50.6 Å². The number of carbonyl (C=O) groups is 2. The number of rotatable bonds is 10. The molecule has 0 aromatic heterocycles. The number of carboxylic acid groups (broad SMARTS) is 2. The molecule has 12 heteroatoms. The molecule has 0 aliphatic heterocycles. The Morgan fingerprint density at radius 2 is 1.17 bits per heavy atom. The van der Waals surface area contributed by atoms with Crippen molar-refractivity contribution in [3.05, 3.63) is 0 Å². The fraction of sp³-hybridized carbons (Fsp3) is 0.667. The van der Waals surface area contributed by atoms with Crippen molar-refractivity contribution in [3.8, 4) is 12.1 Å². The summed E-state index contributed by atoms with van der Waals surface area (Å²) < 4.78 is 0. The minimum absolute atomic E-state index is 0.0545. The quantitative estimate of drug-likeness (QED) is 0.453. The highest BCUT2D eigenvalue weighted by Gasteiger charge is 2.25. The van der Waals surface area contributed by atoms with Gasteiger partial charge in [0.2, 0.25) is 0 Å². The molecule has 0 aromatic carbocycles. The van der Waals surface area contributed by atoms with E-state index in [2.05, 4.69) is 31.1 Å². The van der Waals surface area contributed by atoms with E-state index in [4.69, 9.17) is 20.7 Å². The fourth-order valence-electron chi connectivity index (χ4n) is 1.23. The molecule has 0 bridgehead atoms. The van der Waals surface area contributed by atoms with Gasteiger partial charge in [0.1, 0.15) is 0 Å². The Labute approximate surface area is 137 Å². The van der Waals surface area contributed by atoms with Crippen LogP contribution in [0.25, 0.3) is 0 Å². The largest absolute Gasteiger partial charge is 0.481 e. The lowest BCUT2D eigenvalue weighted by Gasteiger charge is -2.11. The van der Waals surface area contributed by atoms with E-state index in [1.54, 1.807) is 0 Å². The summed E-state index contributed by atoms with van der Waals surface area (Å²) >= 11 is 0. The number of aliphatic carboxylic acids is 2. The van der Waals surface area contributed by atoms with E-state index in [0.29, 0.717) is 0 Å². The third-order valence-corrected chi connectivity index (χ3v) is 2.78. The lowest BCUT2D eigenvalue weighted by molar-refractivity contribution is -0.138. The van der Waals surface area contributed by atoms with Gasteiger partial charge in [0.25, 0.3) is 0 Å². The van der Waals surface area contributed by atoms with Crippen LogP contribution in [-0.4, -0.2) is 33.2 Å². The number of carboxylic acids is 2. The van der Waals surface area contributed by atoms with Crippen LogP contribution in [0, 0.1) is 22.7 Å². The predicted molar refractivity (Wildman–Crippen MR) is 76.3 cm³/mol.